The number of rotatable bonds is 4. The SMILES string of the molecule is CCCNC(=O)Nc1cccc(-c2nc(C)no2)c1. The summed E-state index contributed by atoms with van der Waals surface area (Å²) in [5.74, 6) is 1.02. The van der Waals surface area contributed by atoms with Gasteiger partial charge in [-0.3, -0.25) is 0 Å². The third kappa shape index (κ3) is 3.54. The lowest BCUT2D eigenvalue weighted by molar-refractivity contribution is 0.252. The van der Waals surface area contributed by atoms with Crippen LogP contribution in [0.2, 0.25) is 0 Å². The van der Waals surface area contributed by atoms with E-state index in [-0.39, 0.29) is 6.03 Å². The van der Waals surface area contributed by atoms with Crippen molar-refractivity contribution in [3.63, 3.8) is 0 Å². The van der Waals surface area contributed by atoms with Gasteiger partial charge in [0.1, 0.15) is 0 Å². The smallest absolute Gasteiger partial charge is 0.319 e. The Balaban J connectivity index is 2.09. The summed E-state index contributed by atoms with van der Waals surface area (Å²) >= 11 is 0. The number of hydrogen-bond donors (Lipinski definition) is 2. The zero-order chi connectivity index (χ0) is 13.7. The lowest BCUT2D eigenvalue weighted by Gasteiger charge is -2.07. The molecule has 0 radical (unpaired) electrons. The Kier molecular flexibility index (Phi) is 4.12. The molecule has 0 spiro atoms. The van der Waals surface area contributed by atoms with Crippen LogP contribution in [0.4, 0.5) is 10.5 Å². The van der Waals surface area contributed by atoms with E-state index in [4.69, 9.17) is 4.52 Å². The van der Waals surface area contributed by atoms with Gasteiger partial charge in [0.05, 0.1) is 0 Å². The molecule has 2 N–H and O–H groups in total. The molecule has 0 bridgehead atoms. The zero-order valence-corrected chi connectivity index (χ0v) is 10.9. The van der Waals surface area contributed by atoms with Gasteiger partial charge in [-0.15, -0.1) is 0 Å². The number of carbonyl (C=O) groups is 1. The third-order valence-electron chi connectivity index (χ3n) is 2.43. The molecule has 1 heterocycles. The topological polar surface area (TPSA) is 80.0 Å². The minimum absolute atomic E-state index is 0.222. The Hall–Kier alpha value is -2.37. The molecule has 6 heteroatoms. The number of amides is 2. The van der Waals surface area contributed by atoms with E-state index in [9.17, 15) is 4.79 Å². The fourth-order valence-electron chi connectivity index (χ4n) is 1.56. The van der Waals surface area contributed by atoms with Crippen LogP contribution in [0.5, 0.6) is 0 Å². The second kappa shape index (κ2) is 5.99. The standard InChI is InChI=1S/C13H16N4O2/c1-3-7-14-13(18)16-11-6-4-5-10(8-11)12-15-9(2)17-19-12/h4-6,8H,3,7H2,1-2H3,(H2,14,16,18). The van der Waals surface area contributed by atoms with Gasteiger partial charge < -0.3 is 15.2 Å². The number of nitrogens with zero attached hydrogens (tertiary/aromatic N) is 2. The molecule has 0 saturated carbocycles. The van der Waals surface area contributed by atoms with Crippen molar-refractivity contribution in [1.82, 2.24) is 15.5 Å². The first-order chi connectivity index (χ1) is 9.19. The van der Waals surface area contributed by atoms with Gasteiger partial charge in [-0.05, 0) is 31.5 Å². The van der Waals surface area contributed by atoms with Gasteiger partial charge >= 0.3 is 6.03 Å². The van der Waals surface area contributed by atoms with E-state index in [2.05, 4.69) is 20.8 Å². The van der Waals surface area contributed by atoms with Gasteiger partial charge in [0.15, 0.2) is 5.82 Å². The number of nitrogens with one attached hydrogen (secondary N) is 2. The van der Waals surface area contributed by atoms with E-state index >= 15 is 0 Å². The molecular formula is C13H16N4O2. The fourth-order valence-corrected chi connectivity index (χ4v) is 1.56. The Morgan fingerprint density at radius 1 is 1.42 bits per heavy atom. The van der Waals surface area contributed by atoms with Crippen LogP contribution in [-0.2, 0) is 0 Å². The molecule has 0 aliphatic heterocycles. The highest BCUT2D eigenvalue weighted by molar-refractivity contribution is 5.89. The molecule has 100 valence electrons. The Labute approximate surface area is 111 Å². The second-order valence-electron chi connectivity index (χ2n) is 4.11. The number of carbonyl (C=O) groups excluding carboxylic acids is 1. The first-order valence-electron chi connectivity index (χ1n) is 6.14. The maximum absolute atomic E-state index is 11.5. The monoisotopic (exact) mass is 260 g/mol. The maximum Gasteiger partial charge on any atom is 0.319 e. The summed E-state index contributed by atoms with van der Waals surface area (Å²) < 4.78 is 5.09. The minimum atomic E-state index is -0.222. The maximum atomic E-state index is 11.5. The summed E-state index contributed by atoms with van der Waals surface area (Å²) in [6.45, 7) is 4.40. The predicted octanol–water partition coefficient (Wildman–Crippen LogP) is 2.58. The molecule has 0 saturated heterocycles. The van der Waals surface area contributed by atoms with Crippen molar-refractivity contribution in [2.24, 2.45) is 0 Å². The van der Waals surface area contributed by atoms with E-state index in [1.54, 1.807) is 19.1 Å². The summed E-state index contributed by atoms with van der Waals surface area (Å²) in [6, 6.07) is 7.05. The Morgan fingerprint density at radius 3 is 2.95 bits per heavy atom. The van der Waals surface area contributed by atoms with E-state index < -0.39 is 0 Å². The molecule has 0 aliphatic rings. The largest absolute Gasteiger partial charge is 0.338 e. The van der Waals surface area contributed by atoms with Crippen LogP contribution in [0.1, 0.15) is 19.2 Å². The van der Waals surface area contributed by atoms with Gasteiger partial charge in [-0.2, -0.15) is 4.98 Å². The lowest BCUT2D eigenvalue weighted by Crippen LogP contribution is -2.29. The van der Waals surface area contributed by atoms with Crippen molar-refractivity contribution in [1.29, 1.82) is 0 Å². The molecule has 0 fully saturated rings. The van der Waals surface area contributed by atoms with Crippen LogP contribution >= 0.6 is 0 Å². The summed E-state index contributed by atoms with van der Waals surface area (Å²) in [6.07, 6.45) is 0.898. The lowest BCUT2D eigenvalue weighted by atomic mass is 10.2. The summed E-state index contributed by atoms with van der Waals surface area (Å²) in [7, 11) is 0. The van der Waals surface area contributed by atoms with Gasteiger partial charge in [-0.1, -0.05) is 18.1 Å². The molecule has 0 unspecified atom stereocenters. The quantitative estimate of drug-likeness (QED) is 0.885. The predicted molar refractivity (Wildman–Crippen MR) is 71.8 cm³/mol. The number of benzene rings is 1. The third-order valence-corrected chi connectivity index (χ3v) is 2.43. The van der Waals surface area contributed by atoms with E-state index in [0.29, 0.717) is 23.9 Å². The Bertz CT molecular complexity index is 565. The molecule has 2 rings (SSSR count). The summed E-state index contributed by atoms with van der Waals surface area (Å²) in [5, 5.41) is 9.23. The fraction of sp³-hybridized carbons (Fsp3) is 0.308. The van der Waals surface area contributed by atoms with Crippen molar-refractivity contribution in [3.8, 4) is 11.5 Å². The molecule has 2 amide bonds. The van der Waals surface area contributed by atoms with Crippen LogP contribution in [0, 0.1) is 6.92 Å². The van der Waals surface area contributed by atoms with E-state index in [0.717, 1.165) is 12.0 Å². The highest BCUT2D eigenvalue weighted by atomic mass is 16.5. The van der Waals surface area contributed by atoms with Crippen LogP contribution in [0.15, 0.2) is 28.8 Å². The first kappa shape index (κ1) is 13.1. The van der Waals surface area contributed by atoms with E-state index in [1.807, 2.05) is 19.1 Å². The molecule has 1 aromatic carbocycles. The average Bonchev–Trinajstić information content (AvgIpc) is 2.83. The van der Waals surface area contributed by atoms with Crippen molar-refractivity contribution in [3.05, 3.63) is 30.1 Å². The minimum Gasteiger partial charge on any atom is -0.338 e. The van der Waals surface area contributed by atoms with Crippen molar-refractivity contribution >= 4 is 11.7 Å². The van der Waals surface area contributed by atoms with E-state index in [1.165, 1.54) is 0 Å². The summed E-state index contributed by atoms with van der Waals surface area (Å²) in [4.78, 5) is 15.7. The Morgan fingerprint density at radius 2 is 2.26 bits per heavy atom. The van der Waals surface area contributed by atoms with Crippen molar-refractivity contribution < 1.29 is 9.32 Å². The van der Waals surface area contributed by atoms with Crippen molar-refractivity contribution in [2.75, 3.05) is 11.9 Å². The molecule has 19 heavy (non-hydrogen) atoms. The van der Waals surface area contributed by atoms with Crippen LogP contribution in [0.3, 0.4) is 0 Å². The molecule has 2 aromatic rings. The molecular weight excluding hydrogens is 244 g/mol. The van der Waals surface area contributed by atoms with Crippen molar-refractivity contribution in [2.45, 2.75) is 20.3 Å². The molecule has 1 aromatic heterocycles. The second-order valence-corrected chi connectivity index (χ2v) is 4.11. The normalized spacial score (nSPS) is 10.2. The average molecular weight is 260 g/mol. The van der Waals surface area contributed by atoms with Crippen LogP contribution in [0.25, 0.3) is 11.5 Å². The highest BCUT2D eigenvalue weighted by Crippen LogP contribution is 2.20. The zero-order valence-electron chi connectivity index (χ0n) is 10.9. The number of hydrogen-bond acceptors (Lipinski definition) is 4. The number of aryl methyl sites for hydroxylation is 1. The molecule has 0 atom stereocenters. The number of anilines is 1. The number of urea groups is 1. The molecule has 0 aliphatic carbocycles. The van der Waals surface area contributed by atoms with Gasteiger partial charge in [0.2, 0.25) is 0 Å². The number of aromatic nitrogens is 2. The first-order valence-corrected chi connectivity index (χ1v) is 6.14. The highest BCUT2D eigenvalue weighted by Gasteiger charge is 2.07. The van der Waals surface area contributed by atoms with Gasteiger partial charge in [-0.25, -0.2) is 4.79 Å². The summed E-state index contributed by atoms with van der Waals surface area (Å²) in [5.41, 5.74) is 1.45. The molecule has 6 nitrogen and oxygen atoms in total. The van der Waals surface area contributed by atoms with Gasteiger partial charge in [0.25, 0.3) is 5.89 Å². The van der Waals surface area contributed by atoms with Gasteiger partial charge in [0, 0.05) is 17.8 Å². The van der Waals surface area contributed by atoms with Crippen LogP contribution in [-0.4, -0.2) is 22.7 Å². The van der Waals surface area contributed by atoms with Crippen LogP contribution < -0.4 is 10.6 Å².